The molecule has 0 unspecified atom stereocenters. The third-order valence-corrected chi connectivity index (χ3v) is 2.33. The molecule has 0 saturated heterocycles. The summed E-state index contributed by atoms with van der Waals surface area (Å²) in [5, 5.41) is 1.32. The molecule has 1 aromatic carbocycles. The zero-order valence-electron chi connectivity index (χ0n) is 9.33. The van der Waals surface area contributed by atoms with Crippen molar-refractivity contribution in [3.05, 3.63) is 35.9 Å². The third-order valence-electron chi connectivity index (χ3n) is 1.95. The molecule has 0 aliphatic heterocycles. The number of hydrogen-bond acceptors (Lipinski definition) is 3. The van der Waals surface area contributed by atoms with Crippen LogP contribution in [0.15, 0.2) is 30.3 Å². The summed E-state index contributed by atoms with van der Waals surface area (Å²) in [6.45, 7) is 0.991. The molecule has 0 heterocycles. The number of carbonyl (C=O) groups is 1. The molecule has 0 radical (unpaired) electrons. The van der Waals surface area contributed by atoms with Gasteiger partial charge in [0.15, 0.2) is 0 Å². The minimum atomic E-state index is -0.166. The summed E-state index contributed by atoms with van der Waals surface area (Å²) >= 11 is 11.2. The van der Waals surface area contributed by atoms with Crippen molar-refractivity contribution in [3.63, 3.8) is 0 Å². The van der Waals surface area contributed by atoms with Crippen molar-refractivity contribution >= 4 is 29.1 Å². The largest absolute Gasteiger partial charge is 0.282 e. The first-order valence-corrected chi connectivity index (χ1v) is 6.35. The minimum Gasteiger partial charge on any atom is -0.266 e. The third kappa shape index (κ3) is 4.91. The SMILES string of the molecule is O=C(c1ccccc1)N(NCCCl)NCCCl. The summed E-state index contributed by atoms with van der Waals surface area (Å²) in [6, 6.07) is 8.99. The van der Waals surface area contributed by atoms with E-state index in [0.29, 0.717) is 30.4 Å². The number of halogens is 2. The number of hydrogen-bond donors (Lipinski definition) is 2. The van der Waals surface area contributed by atoms with Gasteiger partial charge < -0.3 is 0 Å². The Morgan fingerprint density at radius 2 is 1.59 bits per heavy atom. The summed E-state index contributed by atoms with van der Waals surface area (Å²) in [5.74, 6) is 0.670. The van der Waals surface area contributed by atoms with Crippen molar-refractivity contribution in [1.82, 2.24) is 16.0 Å². The first kappa shape index (κ1) is 14.3. The average molecular weight is 276 g/mol. The number of rotatable bonds is 7. The van der Waals surface area contributed by atoms with E-state index in [-0.39, 0.29) is 5.91 Å². The molecular formula is C11H15Cl2N3O. The Bertz CT molecular complexity index is 327. The van der Waals surface area contributed by atoms with E-state index >= 15 is 0 Å². The summed E-state index contributed by atoms with van der Waals surface area (Å²) in [5.41, 5.74) is 6.36. The number of amides is 1. The second-order valence-corrected chi connectivity index (χ2v) is 3.96. The molecule has 4 nitrogen and oxygen atoms in total. The highest BCUT2D eigenvalue weighted by Crippen LogP contribution is 2.01. The van der Waals surface area contributed by atoms with Crippen LogP contribution in [0.1, 0.15) is 10.4 Å². The zero-order chi connectivity index (χ0) is 12.5. The Morgan fingerprint density at radius 1 is 1.06 bits per heavy atom. The molecule has 0 aliphatic carbocycles. The fraction of sp³-hybridized carbons (Fsp3) is 0.364. The van der Waals surface area contributed by atoms with Crippen LogP contribution in [0.4, 0.5) is 0 Å². The van der Waals surface area contributed by atoms with Crippen LogP contribution in [0.2, 0.25) is 0 Å². The lowest BCUT2D eigenvalue weighted by molar-refractivity contribution is 0.0530. The molecule has 0 saturated carbocycles. The van der Waals surface area contributed by atoms with Gasteiger partial charge in [-0.25, -0.2) is 16.0 Å². The van der Waals surface area contributed by atoms with Gasteiger partial charge in [0.2, 0.25) is 0 Å². The molecule has 0 aliphatic rings. The quantitative estimate of drug-likeness (QED) is 0.587. The average Bonchev–Trinajstić information content (AvgIpc) is 2.39. The van der Waals surface area contributed by atoms with Gasteiger partial charge in [-0.3, -0.25) is 4.79 Å². The molecule has 0 bridgehead atoms. The van der Waals surface area contributed by atoms with E-state index in [2.05, 4.69) is 10.9 Å². The molecule has 0 fully saturated rings. The fourth-order valence-corrected chi connectivity index (χ4v) is 1.39. The summed E-state index contributed by atoms with van der Waals surface area (Å²) in [6.07, 6.45) is 0. The summed E-state index contributed by atoms with van der Waals surface area (Å²) in [4.78, 5) is 12.1. The van der Waals surface area contributed by atoms with Crippen LogP contribution in [0.25, 0.3) is 0 Å². The lowest BCUT2D eigenvalue weighted by atomic mass is 10.2. The highest BCUT2D eigenvalue weighted by molar-refractivity contribution is 6.18. The van der Waals surface area contributed by atoms with Crippen LogP contribution in [-0.4, -0.2) is 35.9 Å². The molecule has 0 atom stereocenters. The second kappa shape index (κ2) is 8.31. The molecule has 6 heteroatoms. The maximum Gasteiger partial charge on any atom is 0.282 e. The minimum absolute atomic E-state index is 0.166. The fourth-order valence-electron chi connectivity index (χ4n) is 1.22. The molecule has 2 N–H and O–H groups in total. The number of alkyl halides is 2. The Hall–Kier alpha value is -0.810. The van der Waals surface area contributed by atoms with E-state index in [1.165, 1.54) is 5.12 Å². The van der Waals surface area contributed by atoms with E-state index in [9.17, 15) is 4.79 Å². The van der Waals surface area contributed by atoms with Crippen LogP contribution in [-0.2, 0) is 0 Å². The maximum atomic E-state index is 12.1. The van der Waals surface area contributed by atoms with Gasteiger partial charge in [-0.2, -0.15) is 0 Å². The Kier molecular flexibility index (Phi) is 6.96. The molecule has 94 valence electrons. The number of hydrazine groups is 2. The highest BCUT2D eigenvalue weighted by atomic mass is 35.5. The van der Waals surface area contributed by atoms with E-state index < -0.39 is 0 Å². The zero-order valence-corrected chi connectivity index (χ0v) is 10.8. The molecule has 0 spiro atoms. The predicted octanol–water partition coefficient (Wildman–Crippen LogP) is 1.62. The van der Waals surface area contributed by atoms with Gasteiger partial charge in [0.25, 0.3) is 5.91 Å². The van der Waals surface area contributed by atoms with Crippen molar-refractivity contribution in [3.8, 4) is 0 Å². The highest BCUT2D eigenvalue weighted by Gasteiger charge is 2.14. The standard InChI is InChI=1S/C11H15Cl2N3O/c12-6-8-14-16(15-9-7-13)11(17)10-4-2-1-3-5-10/h1-5,14-15H,6-9H2. The Morgan fingerprint density at radius 3 is 2.06 bits per heavy atom. The maximum absolute atomic E-state index is 12.1. The topological polar surface area (TPSA) is 44.4 Å². The van der Waals surface area contributed by atoms with E-state index in [4.69, 9.17) is 23.2 Å². The van der Waals surface area contributed by atoms with Gasteiger partial charge in [-0.15, -0.1) is 23.2 Å². The van der Waals surface area contributed by atoms with Crippen LogP contribution in [0, 0.1) is 0 Å². The molecule has 1 aromatic rings. The number of carbonyl (C=O) groups excluding carboxylic acids is 1. The van der Waals surface area contributed by atoms with Gasteiger partial charge in [-0.05, 0) is 12.1 Å². The number of benzene rings is 1. The van der Waals surface area contributed by atoms with Crippen molar-refractivity contribution in [2.24, 2.45) is 0 Å². The molecule has 1 amide bonds. The summed E-state index contributed by atoms with van der Waals surface area (Å²) in [7, 11) is 0. The first-order chi connectivity index (χ1) is 8.29. The van der Waals surface area contributed by atoms with Gasteiger partial charge in [0.05, 0.1) is 0 Å². The van der Waals surface area contributed by atoms with Crippen molar-refractivity contribution in [2.45, 2.75) is 0 Å². The first-order valence-electron chi connectivity index (χ1n) is 5.28. The monoisotopic (exact) mass is 275 g/mol. The Balaban J connectivity index is 2.64. The van der Waals surface area contributed by atoms with Gasteiger partial charge >= 0.3 is 0 Å². The normalized spacial score (nSPS) is 10.2. The lowest BCUT2D eigenvalue weighted by Gasteiger charge is -2.23. The Labute approximate surface area is 111 Å². The predicted molar refractivity (Wildman–Crippen MR) is 70.1 cm³/mol. The van der Waals surface area contributed by atoms with E-state index in [0.717, 1.165) is 0 Å². The van der Waals surface area contributed by atoms with E-state index in [1.54, 1.807) is 12.1 Å². The van der Waals surface area contributed by atoms with Crippen molar-refractivity contribution in [2.75, 3.05) is 24.8 Å². The van der Waals surface area contributed by atoms with Crippen molar-refractivity contribution < 1.29 is 4.79 Å². The number of nitrogens with one attached hydrogen (secondary N) is 2. The smallest absolute Gasteiger partial charge is 0.266 e. The van der Waals surface area contributed by atoms with Crippen molar-refractivity contribution in [1.29, 1.82) is 0 Å². The van der Waals surface area contributed by atoms with Crippen LogP contribution in [0.5, 0.6) is 0 Å². The van der Waals surface area contributed by atoms with Gasteiger partial charge in [0.1, 0.15) is 0 Å². The molecule has 1 rings (SSSR count). The molecule has 17 heavy (non-hydrogen) atoms. The van der Waals surface area contributed by atoms with E-state index in [1.807, 2.05) is 18.2 Å². The molecule has 0 aromatic heterocycles. The van der Waals surface area contributed by atoms with Gasteiger partial charge in [0, 0.05) is 30.4 Å². The van der Waals surface area contributed by atoms with Crippen LogP contribution in [0.3, 0.4) is 0 Å². The number of nitrogens with zero attached hydrogens (tertiary/aromatic N) is 1. The second-order valence-electron chi connectivity index (χ2n) is 3.20. The summed E-state index contributed by atoms with van der Waals surface area (Å²) < 4.78 is 0. The molecular weight excluding hydrogens is 261 g/mol. The lowest BCUT2D eigenvalue weighted by Crippen LogP contribution is -2.53. The van der Waals surface area contributed by atoms with Crippen LogP contribution >= 0.6 is 23.2 Å². The van der Waals surface area contributed by atoms with Gasteiger partial charge in [-0.1, -0.05) is 18.2 Å². The van der Waals surface area contributed by atoms with Crippen LogP contribution < -0.4 is 10.9 Å².